The molecule has 2 atom stereocenters. The first kappa shape index (κ1) is 12.1. The van der Waals surface area contributed by atoms with E-state index in [0.717, 1.165) is 18.8 Å². The van der Waals surface area contributed by atoms with Crippen molar-refractivity contribution in [1.29, 1.82) is 0 Å². The van der Waals surface area contributed by atoms with Crippen LogP contribution in [0.5, 0.6) is 0 Å². The summed E-state index contributed by atoms with van der Waals surface area (Å²) in [6.07, 6.45) is 6.09. The topological polar surface area (TPSA) is 26.0 Å². The summed E-state index contributed by atoms with van der Waals surface area (Å²) >= 11 is 0. The number of rotatable bonds is 2. The van der Waals surface area contributed by atoms with Crippen LogP contribution in [0, 0.1) is 23.5 Å². The van der Waals surface area contributed by atoms with Gasteiger partial charge in [-0.25, -0.2) is 8.78 Å². The van der Waals surface area contributed by atoms with E-state index >= 15 is 0 Å². The third-order valence-electron chi connectivity index (χ3n) is 4.57. The fourth-order valence-corrected chi connectivity index (χ4v) is 3.52. The largest absolute Gasteiger partial charge is 0.321 e. The molecule has 2 fully saturated rings. The summed E-state index contributed by atoms with van der Waals surface area (Å²) in [5.41, 5.74) is 5.66. The van der Waals surface area contributed by atoms with Gasteiger partial charge in [-0.05, 0) is 49.7 Å². The Morgan fingerprint density at radius 2 is 1.72 bits per heavy atom. The zero-order valence-corrected chi connectivity index (χ0v) is 10.5. The van der Waals surface area contributed by atoms with Gasteiger partial charge in [0, 0.05) is 11.1 Å². The third kappa shape index (κ3) is 2.05. The van der Waals surface area contributed by atoms with Crippen molar-refractivity contribution in [1.82, 2.24) is 0 Å². The molecule has 2 saturated carbocycles. The molecule has 0 aromatic heterocycles. The lowest BCUT2D eigenvalue weighted by molar-refractivity contribution is 0.197. The number of halogens is 2. The van der Waals surface area contributed by atoms with Gasteiger partial charge in [-0.15, -0.1) is 0 Å². The Labute approximate surface area is 106 Å². The van der Waals surface area contributed by atoms with Gasteiger partial charge in [-0.2, -0.15) is 0 Å². The van der Waals surface area contributed by atoms with E-state index in [2.05, 4.69) is 0 Å². The Balaban J connectivity index is 1.93. The second-order valence-corrected chi connectivity index (χ2v) is 5.95. The molecule has 18 heavy (non-hydrogen) atoms. The minimum absolute atomic E-state index is 0.107. The van der Waals surface area contributed by atoms with E-state index in [9.17, 15) is 8.78 Å². The average Bonchev–Trinajstić information content (AvgIpc) is 3.12. The second-order valence-electron chi connectivity index (χ2n) is 5.95. The summed E-state index contributed by atoms with van der Waals surface area (Å²) in [6.45, 7) is 0. The molecule has 0 saturated heterocycles. The second kappa shape index (κ2) is 4.30. The maximum Gasteiger partial charge on any atom is 0.131 e. The number of benzene rings is 1. The van der Waals surface area contributed by atoms with Crippen molar-refractivity contribution in [2.45, 2.75) is 44.1 Å². The van der Waals surface area contributed by atoms with E-state index in [1.165, 1.54) is 37.5 Å². The standard InChI is InChI=1S/C15H19F2N/c16-12-4-1-5-13(17)14(12)15(18)8-2-3-11(9-15)10-6-7-10/h1,4-5,10-11H,2-3,6-9,18H2. The average molecular weight is 251 g/mol. The summed E-state index contributed by atoms with van der Waals surface area (Å²) in [5.74, 6) is 0.328. The van der Waals surface area contributed by atoms with Crippen molar-refractivity contribution in [2.75, 3.05) is 0 Å². The van der Waals surface area contributed by atoms with E-state index < -0.39 is 17.2 Å². The lowest BCUT2D eigenvalue weighted by Gasteiger charge is -2.39. The van der Waals surface area contributed by atoms with Crippen LogP contribution >= 0.6 is 0 Å². The van der Waals surface area contributed by atoms with E-state index in [0.29, 0.717) is 12.3 Å². The first-order chi connectivity index (χ1) is 8.60. The highest BCUT2D eigenvalue weighted by atomic mass is 19.1. The molecule has 3 heteroatoms. The lowest BCUT2D eigenvalue weighted by Crippen LogP contribution is -2.43. The minimum atomic E-state index is -0.805. The van der Waals surface area contributed by atoms with Crippen LogP contribution in [-0.4, -0.2) is 0 Å². The molecular weight excluding hydrogens is 232 g/mol. The summed E-state index contributed by atoms with van der Waals surface area (Å²) < 4.78 is 27.8. The molecule has 2 unspecified atom stereocenters. The number of nitrogens with two attached hydrogens (primary N) is 1. The molecule has 0 aliphatic heterocycles. The minimum Gasteiger partial charge on any atom is -0.321 e. The molecule has 2 aliphatic rings. The molecule has 0 amide bonds. The van der Waals surface area contributed by atoms with Crippen LogP contribution in [0.1, 0.15) is 44.1 Å². The Bertz CT molecular complexity index is 436. The van der Waals surface area contributed by atoms with Crippen LogP contribution in [0.3, 0.4) is 0 Å². The van der Waals surface area contributed by atoms with Crippen molar-refractivity contribution in [3.8, 4) is 0 Å². The SMILES string of the molecule is NC1(c2c(F)cccc2F)CCCC(C2CC2)C1. The Morgan fingerprint density at radius 3 is 2.33 bits per heavy atom. The zero-order chi connectivity index (χ0) is 12.8. The summed E-state index contributed by atoms with van der Waals surface area (Å²) in [4.78, 5) is 0. The molecule has 3 rings (SSSR count). The predicted molar refractivity (Wildman–Crippen MR) is 66.9 cm³/mol. The molecule has 1 aromatic carbocycles. The maximum absolute atomic E-state index is 13.9. The fraction of sp³-hybridized carbons (Fsp3) is 0.600. The molecular formula is C15H19F2N. The van der Waals surface area contributed by atoms with Crippen molar-refractivity contribution < 1.29 is 8.78 Å². The summed E-state index contributed by atoms with van der Waals surface area (Å²) in [5, 5.41) is 0. The highest BCUT2D eigenvalue weighted by molar-refractivity contribution is 5.28. The molecule has 2 N–H and O–H groups in total. The van der Waals surface area contributed by atoms with Crippen LogP contribution < -0.4 is 5.73 Å². The van der Waals surface area contributed by atoms with Crippen molar-refractivity contribution in [2.24, 2.45) is 17.6 Å². The van der Waals surface area contributed by atoms with Gasteiger partial charge >= 0.3 is 0 Å². The van der Waals surface area contributed by atoms with Crippen LogP contribution in [0.2, 0.25) is 0 Å². The molecule has 1 nitrogen and oxygen atoms in total. The smallest absolute Gasteiger partial charge is 0.131 e. The quantitative estimate of drug-likeness (QED) is 0.851. The Kier molecular flexibility index (Phi) is 2.89. The van der Waals surface area contributed by atoms with Crippen LogP contribution in [-0.2, 0) is 5.54 Å². The highest BCUT2D eigenvalue weighted by Crippen LogP contribution is 2.49. The van der Waals surface area contributed by atoms with Crippen molar-refractivity contribution >= 4 is 0 Å². The van der Waals surface area contributed by atoms with Crippen LogP contribution in [0.15, 0.2) is 18.2 Å². The molecule has 98 valence electrons. The molecule has 0 radical (unpaired) electrons. The van der Waals surface area contributed by atoms with E-state index in [-0.39, 0.29) is 5.56 Å². The molecule has 2 aliphatic carbocycles. The van der Waals surface area contributed by atoms with Crippen molar-refractivity contribution in [3.05, 3.63) is 35.4 Å². The number of hydrogen-bond donors (Lipinski definition) is 1. The molecule has 0 spiro atoms. The van der Waals surface area contributed by atoms with E-state index in [1.54, 1.807) is 0 Å². The Hall–Kier alpha value is -0.960. The van der Waals surface area contributed by atoms with Gasteiger partial charge in [0.1, 0.15) is 11.6 Å². The predicted octanol–water partition coefficient (Wildman–Crippen LogP) is 3.72. The molecule has 1 aromatic rings. The van der Waals surface area contributed by atoms with Crippen LogP contribution in [0.4, 0.5) is 8.78 Å². The first-order valence-corrected chi connectivity index (χ1v) is 6.83. The van der Waals surface area contributed by atoms with E-state index in [1.807, 2.05) is 0 Å². The monoisotopic (exact) mass is 251 g/mol. The van der Waals surface area contributed by atoms with Gasteiger partial charge in [-0.1, -0.05) is 18.9 Å². The normalized spacial score (nSPS) is 32.5. The fourth-order valence-electron chi connectivity index (χ4n) is 3.52. The van der Waals surface area contributed by atoms with E-state index in [4.69, 9.17) is 5.73 Å². The van der Waals surface area contributed by atoms with Gasteiger partial charge in [0.25, 0.3) is 0 Å². The summed E-state index contributed by atoms with van der Waals surface area (Å²) in [6, 6.07) is 4.03. The van der Waals surface area contributed by atoms with Crippen LogP contribution in [0.25, 0.3) is 0 Å². The first-order valence-electron chi connectivity index (χ1n) is 6.83. The maximum atomic E-state index is 13.9. The van der Waals surface area contributed by atoms with Gasteiger partial charge in [0.05, 0.1) is 0 Å². The molecule has 0 heterocycles. The van der Waals surface area contributed by atoms with Crippen molar-refractivity contribution in [3.63, 3.8) is 0 Å². The highest BCUT2D eigenvalue weighted by Gasteiger charge is 2.42. The van der Waals surface area contributed by atoms with Gasteiger partial charge in [0.2, 0.25) is 0 Å². The van der Waals surface area contributed by atoms with Gasteiger partial charge in [0.15, 0.2) is 0 Å². The third-order valence-corrected chi connectivity index (χ3v) is 4.57. The molecule has 0 bridgehead atoms. The Morgan fingerprint density at radius 1 is 1.06 bits per heavy atom. The van der Waals surface area contributed by atoms with Gasteiger partial charge < -0.3 is 5.73 Å². The number of hydrogen-bond acceptors (Lipinski definition) is 1. The summed E-state index contributed by atoms with van der Waals surface area (Å²) in [7, 11) is 0. The zero-order valence-electron chi connectivity index (χ0n) is 10.5. The van der Waals surface area contributed by atoms with Gasteiger partial charge in [-0.3, -0.25) is 0 Å². The lowest BCUT2D eigenvalue weighted by atomic mass is 9.71.